The largest absolute Gasteiger partial charge is 0.331 e. The van der Waals surface area contributed by atoms with Crippen LogP contribution >= 0.6 is 11.6 Å². The third-order valence-electron chi connectivity index (χ3n) is 1.11. The first kappa shape index (κ1) is 7.87. The lowest BCUT2D eigenvalue weighted by Gasteiger charge is -2.02. The van der Waals surface area contributed by atoms with Gasteiger partial charge in [-0.2, -0.15) is 0 Å². The van der Waals surface area contributed by atoms with Crippen molar-refractivity contribution < 1.29 is 9.72 Å². The van der Waals surface area contributed by atoms with E-state index in [9.17, 15) is 14.9 Å². The van der Waals surface area contributed by atoms with Crippen LogP contribution in [-0.4, -0.2) is 22.3 Å². The van der Waals surface area contributed by atoms with Crippen molar-refractivity contribution in [3.8, 4) is 0 Å². The van der Waals surface area contributed by atoms with E-state index >= 15 is 0 Å². The van der Waals surface area contributed by atoms with Crippen molar-refractivity contribution in [2.45, 2.75) is 5.38 Å². The molecule has 1 aliphatic heterocycles. The van der Waals surface area contributed by atoms with Crippen LogP contribution in [0, 0.1) is 10.1 Å². The van der Waals surface area contributed by atoms with Gasteiger partial charge in [0.05, 0.1) is 4.92 Å². The van der Waals surface area contributed by atoms with Gasteiger partial charge >= 0.3 is 5.70 Å². The highest BCUT2D eigenvalue weighted by Gasteiger charge is 2.29. The van der Waals surface area contributed by atoms with Gasteiger partial charge in [-0.05, 0) is 0 Å². The molecule has 0 aromatic rings. The van der Waals surface area contributed by atoms with Crippen molar-refractivity contribution in [2.24, 2.45) is 4.99 Å². The van der Waals surface area contributed by atoms with Gasteiger partial charge in [0.2, 0.25) is 0 Å². The summed E-state index contributed by atoms with van der Waals surface area (Å²) in [6.45, 7) is 0. The Morgan fingerprint density at radius 3 is 2.82 bits per heavy atom. The van der Waals surface area contributed by atoms with E-state index in [0.29, 0.717) is 0 Å². The number of nitrogens with zero attached hydrogens (tertiary/aromatic N) is 2. The Morgan fingerprint density at radius 1 is 1.73 bits per heavy atom. The predicted octanol–water partition coefficient (Wildman–Crippen LogP) is 0.365. The maximum Gasteiger partial charge on any atom is 0.331 e. The molecule has 0 aliphatic carbocycles. The van der Waals surface area contributed by atoms with E-state index in [0.717, 1.165) is 12.4 Å². The molecule has 0 aromatic carbocycles. The molecule has 1 rings (SSSR count). The molecule has 1 heterocycles. The molecule has 0 radical (unpaired) electrons. The Kier molecular flexibility index (Phi) is 2.00. The van der Waals surface area contributed by atoms with Crippen molar-refractivity contribution in [3.05, 3.63) is 22.0 Å². The fourth-order valence-corrected chi connectivity index (χ4v) is 0.776. The number of ketones is 1. The summed E-state index contributed by atoms with van der Waals surface area (Å²) in [6.07, 6.45) is 2.04. The summed E-state index contributed by atoms with van der Waals surface area (Å²) in [5, 5.41) is 9.09. The lowest BCUT2D eigenvalue weighted by molar-refractivity contribution is -0.419. The molecular weight excluding hydrogens is 172 g/mol. The summed E-state index contributed by atoms with van der Waals surface area (Å²) in [6, 6.07) is 0. The van der Waals surface area contributed by atoms with E-state index in [1.807, 2.05) is 0 Å². The summed E-state index contributed by atoms with van der Waals surface area (Å²) in [5.41, 5.74) is -0.562. The Balaban J connectivity index is 2.96. The van der Waals surface area contributed by atoms with Crippen LogP contribution in [0.2, 0.25) is 0 Å². The molecule has 0 spiro atoms. The van der Waals surface area contributed by atoms with E-state index in [1.54, 1.807) is 0 Å². The zero-order valence-corrected chi connectivity index (χ0v) is 5.99. The minimum absolute atomic E-state index is 0.562. The van der Waals surface area contributed by atoms with Crippen molar-refractivity contribution in [3.63, 3.8) is 0 Å². The first-order valence-electron chi connectivity index (χ1n) is 2.69. The molecule has 58 valence electrons. The maximum atomic E-state index is 10.8. The summed E-state index contributed by atoms with van der Waals surface area (Å²) in [7, 11) is 0. The van der Waals surface area contributed by atoms with E-state index in [1.165, 1.54) is 0 Å². The lowest BCUT2D eigenvalue weighted by atomic mass is 10.2. The number of carbonyl (C=O) groups excluding carboxylic acids is 1. The van der Waals surface area contributed by atoms with E-state index in [4.69, 9.17) is 11.6 Å². The number of carbonyl (C=O) groups is 1. The molecule has 0 amide bonds. The molecular formula is C5H3ClN2O3. The summed E-state index contributed by atoms with van der Waals surface area (Å²) in [5.74, 6) is -0.716. The zero-order valence-electron chi connectivity index (χ0n) is 5.23. The second-order valence-electron chi connectivity index (χ2n) is 1.84. The topological polar surface area (TPSA) is 72.6 Å². The monoisotopic (exact) mass is 174 g/mol. The van der Waals surface area contributed by atoms with Gasteiger partial charge in [-0.25, -0.2) is 0 Å². The fourth-order valence-electron chi connectivity index (χ4n) is 0.599. The average Bonchev–Trinajstić information content (AvgIpc) is 1.94. The first-order chi connectivity index (χ1) is 5.13. The highest BCUT2D eigenvalue weighted by Crippen LogP contribution is 2.10. The maximum absolute atomic E-state index is 10.8. The minimum atomic E-state index is -1.000. The van der Waals surface area contributed by atoms with Crippen LogP contribution in [0.5, 0.6) is 0 Å². The molecule has 0 saturated carbocycles. The molecule has 0 fully saturated rings. The van der Waals surface area contributed by atoms with Crippen LogP contribution < -0.4 is 0 Å². The second-order valence-corrected chi connectivity index (χ2v) is 2.31. The van der Waals surface area contributed by atoms with Gasteiger partial charge in [0, 0.05) is 6.21 Å². The van der Waals surface area contributed by atoms with Crippen molar-refractivity contribution >= 4 is 23.6 Å². The number of nitro groups is 1. The third-order valence-corrected chi connectivity index (χ3v) is 1.42. The fraction of sp³-hybridized carbons (Fsp3) is 0.200. The molecule has 0 bridgehead atoms. The van der Waals surface area contributed by atoms with Gasteiger partial charge in [-0.15, -0.1) is 11.6 Å². The third kappa shape index (κ3) is 1.43. The highest BCUT2D eigenvalue weighted by molar-refractivity contribution is 6.42. The van der Waals surface area contributed by atoms with Crippen molar-refractivity contribution in [1.29, 1.82) is 0 Å². The van der Waals surface area contributed by atoms with Gasteiger partial charge in [0.1, 0.15) is 11.6 Å². The van der Waals surface area contributed by atoms with Crippen LogP contribution in [0.4, 0.5) is 0 Å². The number of rotatable bonds is 1. The number of hydrogen-bond donors (Lipinski definition) is 0. The normalized spacial score (nSPS) is 23.2. The van der Waals surface area contributed by atoms with Crippen molar-refractivity contribution in [1.82, 2.24) is 0 Å². The Hall–Kier alpha value is -1.23. The number of halogens is 1. The highest BCUT2D eigenvalue weighted by atomic mass is 35.5. The standard InChI is InChI=1S/C5H3ClN2O3/c6-3-1-7-2-4(5(3)9)8(10)11/h1-3H. The molecule has 1 unspecified atom stereocenters. The minimum Gasteiger partial charge on any atom is -0.285 e. The number of alkyl halides is 1. The van der Waals surface area contributed by atoms with Gasteiger partial charge in [-0.3, -0.25) is 19.9 Å². The predicted molar refractivity (Wildman–Crippen MR) is 38.2 cm³/mol. The molecule has 1 aliphatic rings. The van der Waals surface area contributed by atoms with Crippen LogP contribution in [0.1, 0.15) is 0 Å². The van der Waals surface area contributed by atoms with E-state index in [2.05, 4.69) is 4.99 Å². The second kappa shape index (κ2) is 2.79. The molecule has 5 nitrogen and oxygen atoms in total. The van der Waals surface area contributed by atoms with Gasteiger partial charge in [0.15, 0.2) is 0 Å². The molecule has 11 heavy (non-hydrogen) atoms. The first-order valence-corrected chi connectivity index (χ1v) is 3.12. The van der Waals surface area contributed by atoms with Crippen LogP contribution in [-0.2, 0) is 4.79 Å². The van der Waals surface area contributed by atoms with E-state index < -0.39 is 21.8 Å². The molecule has 0 aromatic heterocycles. The smallest absolute Gasteiger partial charge is 0.285 e. The van der Waals surface area contributed by atoms with Gasteiger partial charge in [0.25, 0.3) is 5.78 Å². The van der Waals surface area contributed by atoms with E-state index in [-0.39, 0.29) is 0 Å². The van der Waals surface area contributed by atoms with Crippen LogP contribution in [0.25, 0.3) is 0 Å². The zero-order chi connectivity index (χ0) is 8.43. The summed E-state index contributed by atoms with van der Waals surface area (Å²) >= 11 is 5.36. The van der Waals surface area contributed by atoms with Crippen LogP contribution in [0.15, 0.2) is 16.9 Å². The summed E-state index contributed by atoms with van der Waals surface area (Å²) < 4.78 is 0. The average molecular weight is 175 g/mol. The number of aliphatic imine (C=N–C) groups is 1. The molecule has 0 N–H and O–H groups in total. The Morgan fingerprint density at radius 2 is 2.36 bits per heavy atom. The number of hydrogen-bond acceptors (Lipinski definition) is 4. The molecule has 0 saturated heterocycles. The Bertz CT molecular complexity index is 271. The SMILES string of the molecule is O=C1C([N+](=O)[O-])=CN=CC1Cl. The number of Topliss-reactive ketones (excluding diaryl/α,β-unsaturated/α-hetero) is 1. The molecule has 6 heteroatoms. The Labute approximate surface area is 66.5 Å². The van der Waals surface area contributed by atoms with Gasteiger partial charge < -0.3 is 0 Å². The van der Waals surface area contributed by atoms with Crippen LogP contribution in [0.3, 0.4) is 0 Å². The van der Waals surface area contributed by atoms with Gasteiger partial charge in [-0.1, -0.05) is 0 Å². The van der Waals surface area contributed by atoms with Crippen molar-refractivity contribution in [2.75, 3.05) is 0 Å². The quantitative estimate of drug-likeness (QED) is 0.327. The summed E-state index contributed by atoms with van der Waals surface area (Å²) in [4.78, 5) is 23.6. The molecule has 1 atom stereocenters. The lowest BCUT2D eigenvalue weighted by Crippen LogP contribution is -2.24. The number of allylic oxidation sites excluding steroid dienone is 1.